The molecular weight excluding hydrogens is 240 g/mol. The first kappa shape index (κ1) is 13.3. The average molecular weight is 260 g/mol. The molecule has 0 aliphatic heterocycles. The van der Waals surface area contributed by atoms with Crippen LogP contribution >= 0.6 is 11.3 Å². The van der Waals surface area contributed by atoms with Gasteiger partial charge in [-0.05, 0) is 31.0 Å². The Balaban J connectivity index is 2.11. The molecule has 2 aromatic rings. The van der Waals surface area contributed by atoms with Crippen molar-refractivity contribution in [1.29, 1.82) is 0 Å². The monoisotopic (exact) mass is 260 g/mol. The molecule has 2 rings (SSSR count). The number of hydrogen-bond acceptors (Lipinski definition) is 3. The van der Waals surface area contributed by atoms with Gasteiger partial charge in [-0.15, -0.1) is 11.3 Å². The summed E-state index contributed by atoms with van der Waals surface area (Å²) >= 11 is 1.88. The van der Waals surface area contributed by atoms with Crippen molar-refractivity contribution < 1.29 is 0 Å². The minimum atomic E-state index is 0.189. The van der Waals surface area contributed by atoms with E-state index in [1.807, 2.05) is 11.3 Å². The van der Waals surface area contributed by atoms with Gasteiger partial charge in [0.25, 0.3) is 0 Å². The van der Waals surface area contributed by atoms with Crippen molar-refractivity contribution in [2.24, 2.45) is 5.84 Å². The van der Waals surface area contributed by atoms with E-state index in [0.717, 1.165) is 12.8 Å². The highest BCUT2D eigenvalue weighted by Gasteiger charge is 2.11. The van der Waals surface area contributed by atoms with E-state index in [0.29, 0.717) is 0 Å². The van der Waals surface area contributed by atoms with Crippen molar-refractivity contribution in [3.63, 3.8) is 0 Å². The van der Waals surface area contributed by atoms with E-state index in [1.165, 1.54) is 20.9 Å². The Bertz CT molecular complexity index is 487. The lowest BCUT2D eigenvalue weighted by Crippen LogP contribution is -2.29. The largest absolute Gasteiger partial charge is 0.271 e. The Kier molecular flexibility index (Phi) is 4.53. The SMILES string of the molecule is CCc1ccc(CC(NN)c2ccc(C)cc2)s1. The molecule has 1 heterocycles. The van der Waals surface area contributed by atoms with Crippen LogP contribution in [0.4, 0.5) is 0 Å². The second-order valence-electron chi connectivity index (χ2n) is 4.56. The van der Waals surface area contributed by atoms with Crippen LogP contribution < -0.4 is 11.3 Å². The number of thiophene rings is 1. The summed E-state index contributed by atoms with van der Waals surface area (Å²) < 4.78 is 0. The summed E-state index contributed by atoms with van der Waals surface area (Å²) in [4.78, 5) is 2.82. The van der Waals surface area contributed by atoms with Gasteiger partial charge in [0, 0.05) is 16.2 Å². The van der Waals surface area contributed by atoms with Crippen LogP contribution in [0, 0.1) is 6.92 Å². The molecule has 0 saturated heterocycles. The van der Waals surface area contributed by atoms with Crippen LogP contribution in [-0.2, 0) is 12.8 Å². The molecular formula is C15H20N2S. The highest BCUT2D eigenvalue weighted by atomic mass is 32.1. The third kappa shape index (κ3) is 3.19. The van der Waals surface area contributed by atoms with Crippen LogP contribution in [0.5, 0.6) is 0 Å². The maximum Gasteiger partial charge on any atom is 0.0508 e. The first-order chi connectivity index (χ1) is 8.72. The van der Waals surface area contributed by atoms with E-state index in [9.17, 15) is 0 Å². The van der Waals surface area contributed by atoms with Gasteiger partial charge in [0.2, 0.25) is 0 Å². The summed E-state index contributed by atoms with van der Waals surface area (Å²) in [7, 11) is 0. The zero-order valence-electron chi connectivity index (χ0n) is 10.9. The van der Waals surface area contributed by atoms with Crippen LogP contribution in [0.25, 0.3) is 0 Å². The molecule has 0 bridgehead atoms. The number of aryl methyl sites for hydroxylation is 2. The molecule has 18 heavy (non-hydrogen) atoms. The second kappa shape index (κ2) is 6.14. The van der Waals surface area contributed by atoms with E-state index in [2.05, 4.69) is 55.7 Å². The molecule has 3 heteroatoms. The maximum atomic E-state index is 5.68. The number of nitrogens with two attached hydrogens (primary N) is 1. The lowest BCUT2D eigenvalue weighted by Gasteiger charge is -2.15. The van der Waals surface area contributed by atoms with Crippen LogP contribution in [0.3, 0.4) is 0 Å². The Morgan fingerprint density at radius 1 is 1.11 bits per heavy atom. The Morgan fingerprint density at radius 3 is 2.33 bits per heavy atom. The molecule has 3 N–H and O–H groups in total. The maximum absolute atomic E-state index is 5.68. The molecule has 1 atom stereocenters. The van der Waals surface area contributed by atoms with E-state index < -0.39 is 0 Å². The fourth-order valence-corrected chi connectivity index (χ4v) is 3.00. The predicted molar refractivity (Wildman–Crippen MR) is 78.6 cm³/mol. The van der Waals surface area contributed by atoms with Gasteiger partial charge >= 0.3 is 0 Å². The van der Waals surface area contributed by atoms with Gasteiger partial charge < -0.3 is 0 Å². The van der Waals surface area contributed by atoms with Crippen molar-refractivity contribution in [3.8, 4) is 0 Å². The fraction of sp³-hybridized carbons (Fsp3) is 0.333. The number of benzene rings is 1. The summed E-state index contributed by atoms with van der Waals surface area (Å²) in [5.41, 5.74) is 5.44. The highest BCUT2D eigenvalue weighted by molar-refractivity contribution is 7.11. The minimum Gasteiger partial charge on any atom is -0.271 e. The van der Waals surface area contributed by atoms with E-state index in [4.69, 9.17) is 5.84 Å². The molecule has 0 radical (unpaired) electrons. The average Bonchev–Trinajstić information content (AvgIpc) is 2.85. The summed E-state index contributed by atoms with van der Waals surface area (Å²) in [5.74, 6) is 5.68. The van der Waals surface area contributed by atoms with E-state index in [1.54, 1.807) is 0 Å². The standard InChI is InChI=1S/C15H20N2S/c1-3-13-8-9-14(18-13)10-15(17-16)12-6-4-11(2)5-7-12/h4-9,15,17H,3,10,16H2,1-2H3. The Morgan fingerprint density at radius 2 is 1.78 bits per heavy atom. The molecule has 1 aromatic heterocycles. The molecule has 96 valence electrons. The molecule has 0 spiro atoms. The van der Waals surface area contributed by atoms with Gasteiger partial charge in [0.1, 0.15) is 0 Å². The highest BCUT2D eigenvalue weighted by Crippen LogP contribution is 2.24. The zero-order chi connectivity index (χ0) is 13.0. The third-order valence-electron chi connectivity index (χ3n) is 3.15. The molecule has 1 aromatic carbocycles. The summed E-state index contributed by atoms with van der Waals surface area (Å²) in [6, 6.07) is 13.2. The predicted octanol–water partition coefficient (Wildman–Crippen LogP) is 3.37. The van der Waals surface area contributed by atoms with Crippen molar-refractivity contribution in [1.82, 2.24) is 5.43 Å². The van der Waals surface area contributed by atoms with Crippen LogP contribution in [0.15, 0.2) is 36.4 Å². The van der Waals surface area contributed by atoms with Crippen LogP contribution in [-0.4, -0.2) is 0 Å². The summed E-state index contributed by atoms with van der Waals surface area (Å²) in [6.45, 7) is 4.29. The van der Waals surface area contributed by atoms with Gasteiger partial charge in [0.05, 0.1) is 6.04 Å². The summed E-state index contributed by atoms with van der Waals surface area (Å²) in [6.07, 6.45) is 2.06. The van der Waals surface area contributed by atoms with Crippen molar-refractivity contribution >= 4 is 11.3 Å². The number of rotatable bonds is 5. The molecule has 0 aliphatic rings. The molecule has 0 saturated carbocycles. The number of nitrogens with one attached hydrogen (secondary N) is 1. The van der Waals surface area contributed by atoms with E-state index in [-0.39, 0.29) is 6.04 Å². The molecule has 0 fully saturated rings. The van der Waals surface area contributed by atoms with Gasteiger partial charge in [-0.3, -0.25) is 11.3 Å². The molecule has 1 unspecified atom stereocenters. The topological polar surface area (TPSA) is 38.0 Å². The lowest BCUT2D eigenvalue weighted by molar-refractivity contribution is 0.555. The first-order valence-corrected chi connectivity index (χ1v) is 7.15. The van der Waals surface area contributed by atoms with Crippen molar-refractivity contribution in [2.75, 3.05) is 0 Å². The Hall–Kier alpha value is -1.16. The smallest absolute Gasteiger partial charge is 0.0508 e. The van der Waals surface area contributed by atoms with Gasteiger partial charge in [-0.1, -0.05) is 36.8 Å². The number of hydrogen-bond donors (Lipinski definition) is 2. The van der Waals surface area contributed by atoms with Crippen molar-refractivity contribution in [2.45, 2.75) is 32.7 Å². The minimum absolute atomic E-state index is 0.189. The van der Waals surface area contributed by atoms with Crippen LogP contribution in [0.1, 0.15) is 33.8 Å². The van der Waals surface area contributed by atoms with Gasteiger partial charge in [-0.25, -0.2) is 0 Å². The first-order valence-electron chi connectivity index (χ1n) is 6.33. The zero-order valence-corrected chi connectivity index (χ0v) is 11.8. The molecule has 0 amide bonds. The normalized spacial score (nSPS) is 12.6. The quantitative estimate of drug-likeness (QED) is 0.639. The van der Waals surface area contributed by atoms with Gasteiger partial charge in [0.15, 0.2) is 0 Å². The summed E-state index contributed by atoms with van der Waals surface area (Å²) in [5, 5.41) is 0. The lowest BCUT2D eigenvalue weighted by atomic mass is 10.0. The fourth-order valence-electron chi connectivity index (χ4n) is 1.99. The Labute approximate surface area is 113 Å². The van der Waals surface area contributed by atoms with E-state index >= 15 is 0 Å². The third-order valence-corrected chi connectivity index (χ3v) is 4.40. The molecule has 0 aliphatic carbocycles. The second-order valence-corrected chi connectivity index (χ2v) is 5.81. The number of hydrazine groups is 1. The molecule has 2 nitrogen and oxygen atoms in total. The van der Waals surface area contributed by atoms with Crippen molar-refractivity contribution in [3.05, 3.63) is 57.3 Å². The van der Waals surface area contributed by atoms with Gasteiger partial charge in [-0.2, -0.15) is 0 Å². The van der Waals surface area contributed by atoms with Crippen LogP contribution in [0.2, 0.25) is 0 Å².